The first kappa shape index (κ1) is 12.9. The van der Waals surface area contributed by atoms with Crippen LogP contribution in [0.4, 0.5) is 5.69 Å². The summed E-state index contributed by atoms with van der Waals surface area (Å²) in [5, 5.41) is 10.6. The van der Waals surface area contributed by atoms with E-state index >= 15 is 0 Å². The molecule has 98 valence electrons. The smallest absolute Gasteiger partial charge is 0.269 e. The Balaban J connectivity index is 2.21. The zero-order valence-corrected chi connectivity index (χ0v) is 10.3. The Labute approximate surface area is 105 Å². The number of nitrogens with two attached hydrogens (primary N) is 1. The average molecular weight is 252 g/mol. The Morgan fingerprint density at radius 3 is 2.56 bits per heavy atom. The van der Waals surface area contributed by atoms with E-state index in [4.69, 9.17) is 15.2 Å². The predicted molar refractivity (Wildman–Crippen MR) is 64.9 cm³/mol. The Hall–Kier alpha value is -1.50. The van der Waals surface area contributed by atoms with Gasteiger partial charge in [-0.1, -0.05) is 0 Å². The fourth-order valence-corrected chi connectivity index (χ4v) is 1.91. The second-order valence-electron chi connectivity index (χ2n) is 4.76. The van der Waals surface area contributed by atoms with Crippen molar-refractivity contribution < 1.29 is 14.4 Å². The molecule has 1 aromatic rings. The standard InChI is InChI=1S/C12H16N2O4/c1-12(2)17-7-10(13)11(18-12)8-3-5-9(6-4-8)14(15)16/h3-6,10-11H,7,13H2,1-2H3/t10-,11-/m0/s1. The second-order valence-corrected chi connectivity index (χ2v) is 4.76. The summed E-state index contributed by atoms with van der Waals surface area (Å²) in [6.07, 6.45) is -0.311. The number of ether oxygens (including phenoxy) is 2. The van der Waals surface area contributed by atoms with Gasteiger partial charge in [0.25, 0.3) is 5.69 Å². The summed E-state index contributed by atoms with van der Waals surface area (Å²) in [4.78, 5) is 10.2. The van der Waals surface area contributed by atoms with Gasteiger partial charge in [0.15, 0.2) is 5.79 Å². The first-order valence-corrected chi connectivity index (χ1v) is 5.71. The summed E-state index contributed by atoms with van der Waals surface area (Å²) in [5.74, 6) is -0.692. The van der Waals surface area contributed by atoms with Gasteiger partial charge in [-0.3, -0.25) is 10.1 Å². The fourth-order valence-electron chi connectivity index (χ4n) is 1.91. The van der Waals surface area contributed by atoms with Gasteiger partial charge >= 0.3 is 0 Å². The van der Waals surface area contributed by atoms with Crippen molar-refractivity contribution in [2.75, 3.05) is 6.61 Å². The summed E-state index contributed by atoms with van der Waals surface area (Å²) < 4.78 is 11.2. The lowest BCUT2D eigenvalue weighted by molar-refractivity contribution is -0.384. The maximum absolute atomic E-state index is 10.6. The van der Waals surface area contributed by atoms with Crippen molar-refractivity contribution in [2.45, 2.75) is 31.8 Å². The molecule has 1 fully saturated rings. The second kappa shape index (κ2) is 4.64. The van der Waals surface area contributed by atoms with Crippen molar-refractivity contribution >= 4 is 5.69 Å². The van der Waals surface area contributed by atoms with E-state index in [9.17, 15) is 10.1 Å². The molecule has 2 N–H and O–H groups in total. The maximum Gasteiger partial charge on any atom is 0.269 e. The molecule has 6 nitrogen and oxygen atoms in total. The van der Waals surface area contributed by atoms with Crippen LogP contribution in [0.3, 0.4) is 0 Å². The van der Waals surface area contributed by atoms with Crippen molar-refractivity contribution in [2.24, 2.45) is 5.73 Å². The van der Waals surface area contributed by atoms with Crippen LogP contribution < -0.4 is 5.73 Å². The van der Waals surface area contributed by atoms with Gasteiger partial charge in [-0.2, -0.15) is 0 Å². The number of nitrogens with zero attached hydrogens (tertiary/aromatic N) is 1. The highest BCUT2D eigenvalue weighted by Crippen LogP contribution is 2.32. The van der Waals surface area contributed by atoms with Gasteiger partial charge < -0.3 is 15.2 Å². The van der Waals surface area contributed by atoms with Gasteiger partial charge in [-0.05, 0) is 31.5 Å². The molecule has 1 aromatic carbocycles. The first-order chi connectivity index (χ1) is 8.39. The van der Waals surface area contributed by atoms with Gasteiger partial charge in [0.2, 0.25) is 0 Å². The highest BCUT2D eigenvalue weighted by Gasteiger charge is 2.35. The topological polar surface area (TPSA) is 87.6 Å². The lowest BCUT2D eigenvalue weighted by Gasteiger charge is -2.39. The van der Waals surface area contributed by atoms with Crippen LogP contribution in [0, 0.1) is 10.1 Å². The predicted octanol–water partition coefficient (Wildman–Crippen LogP) is 1.75. The molecule has 1 saturated heterocycles. The van der Waals surface area contributed by atoms with Crippen LogP contribution in [-0.4, -0.2) is 23.4 Å². The Morgan fingerprint density at radius 2 is 2.00 bits per heavy atom. The Bertz CT molecular complexity index is 444. The molecule has 0 amide bonds. The van der Waals surface area contributed by atoms with Crippen LogP contribution in [0.5, 0.6) is 0 Å². The third-order valence-electron chi connectivity index (χ3n) is 2.86. The average Bonchev–Trinajstić information content (AvgIpc) is 2.32. The number of nitro benzene ring substituents is 1. The number of nitro groups is 1. The molecule has 0 radical (unpaired) electrons. The summed E-state index contributed by atoms with van der Waals surface area (Å²) in [6.45, 7) is 4.03. The number of benzene rings is 1. The third-order valence-corrected chi connectivity index (χ3v) is 2.86. The quantitative estimate of drug-likeness (QED) is 0.640. The summed E-state index contributed by atoms with van der Waals surface area (Å²) in [6, 6.07) is 5.97. The zero-order valence-electron chi connectivity index (χ0n) is 10.3. The van der Waals surface area contributed by atoms with Crippen LogP contribution in [0.25, 0.3) is 0 Å². The minimum atomic E-state index is -0.692. The van der Waals surface area contributed by atoms with E-state index in [-0.39, 0.29) is 17.8 Å². The van der Waals surface area contributed by atoms with Gasteiger partial charge in [0.05, 0.1) is 17.6 Å². The molecule has 0 bridgehead atoms. The van der Waals surface area contributed by atoms with E-state index in [0.717, 1.165) is 5.56 Å². The van der Waals surface area contributed by atoms with E-state index in [1.165, 1.54) is 12.1 Å². The monoisotopic (exact) mass is 252 g/mol. The van der Waals surface area contributed by atoms with Gasteiger partial charge in [-0.15, -0.1) is 0 Å². The molecule has 0 spiro atoms. The summed E-state index contributed by atoms with van der Waals surface area (Å²) >= 11 is 0. The van der Waals surface area contributed by atoms with Crippen LogP contribution >= 0.6 is 0 Å². The SMILES string of the molecule is CC1(C)OC[C@H](N)[C@H](c2ccc([N+](=O)[O-])cc2)O1. The van der Waals surface area contributed by atoms with Crippen LogP contribution in [0.15, 0.2) is 24.3 Å². The normalized spacial score (nSPS) is 26.8. The molecule has 6 heteroatoms. The van der Waals surface area contributed by atoms with Crippen molar-refractivity contribution in [3.05, 3.63) is 39.9 Å². The zero-order chi connectivity index (χ0) is 13.3. The highest BCUT2D eigenvalue weighted by molar-refractivity contribution is 5.34. The maximum atomic E-state index is 10.6. The molecule has 18 heavy (non-hydrogen) atoms. The molecule has 0 unspecified atom stereocenters. The number of rotatable bonds is 2. The Morgan fingerprint density at radius 1 is 1.39 bits per heavy atom. The van der Waals surface area contributed by atoms with E-state index in [2.05, 4.69) is 0 Å². The highest BCUT2D eigenvalue weighted by atomic mass is 16.7. The van der Waals surface area contributed by atoms with Crippen molar-refractivity contribution in [1.29, 1.82) is 0 Å². The molecular formula is C12H16N2O4. The summed E-state index contributed by atoms with van der Waals surface area (Å²) in [5.41, 5.74) is 6.82. The number of hydrogen-bond acceptors (Lipinski definition) is 5. The van der Waals surface area contributed by atoms with Gasteiger partial charge in [0.1, 0.15) is 6.10 Å². The molecule has 1 aliphatic rings. The van der Waals surface area contributed by atoms with Crippen molar-refractivity contribution in [3.8, 4) is 0 Å². The van der Waals surface area contributed by atoms with E-state index in [1.54, 1.807) is 12.1 Å². The molecule has 2 rings (SSSR count). The first-order valence-electron chi connectivity index (χ1n) is 5.71. The fraction of sp³-hybridized carbons (Fsp3) is 0.500. The van der Waals surface area contributed by atoms with E-state index in [0.29, 0.717) is 6.61 Å². The van der Waals surface area contributed by atoms with Crippen molar-refractivity contribution in [3.63, 3.8) is 0 Å². The minimum absolute atomic E-state index is 0.0543. The van der Waals surface area contributed by atoms with Gasteiger partial charge in [0, 0.05) is 12.1 Å². The van der Waals surface area contributed by atoms with Crippen molar-refractivity contribution in [1.82, 2.24) is 0 Å². The van der Waals surface area contributed by atoms with Crippen LogP contribution in [0.1, 0.15) is 25.5 Å². The molecule has 0 aliphatic carbocycles. The lowest BCUT2D eigenvalue weighted by atomic mass is 10.0. The minimum Gasteiger partial charge on any atom is -0.349 e. The van der Waals surface area contributed by atoms with E-state index in [1.807, 2.05) is 13.8 Å². The Kier molecular flexibility index (Phi) is 3.34. The lowest BCUT2D eigenvalue weighted by Crippen LogP contribution is -2.48. The molecule has 1 aliphatic heterocycles. The van der Waals surface area contributed by atoms with Crippen LogP contribution in [-0.2, 0) is 9.47 Å². The van der Waals surface area contributed by atoms with E-state index < -0.39 is 10.7 Å². The summed E-state index contributed by atoms with van der Waals surface area (Å²) in [7, 11) is 0. The molecule has 0 aromatic heterocycles. The van der Waals surface area contributed by atoms with Crippen LogP contribution in [0.2, 0.25) is 0 Å². The number of hydrogen-bond donors (Lipinski definition) is 1. The third kappa shape index (κ3) is 2.66. The molecule has 1 heterocycles. The number of non-ortho nitro benzene ring substituents is 1. The largest absolute Gasteiger partial charge is 0.349 e. The van der Waals surface area contributed by atoms with Gasteiger partial charge in [-0.25, -0.2) is 0 Å². The molecule has 0 saturated carbocycles. The molecular weight excluding hydrogens is 236 g/mol. The molecule has 2 atom stereocenters.